The smallest absolute Gasteiger partial charge is 0.416 e. The predicted molar refractivity (Wildman–Crippen MR) is 104 cm³/mol. The Morgan fingerprint density at radius 1 is 0.906 bits per heavy atom. The van der Waals surface area contributed by atoms with E-state index in [0.717, 1.165) is 32.4 Å². The summed E-state index contributed by atoms with van der Waals surface area (Å²) in [5, 5.41) is 2.35. The normalized spacial score (nSPS) is 10.8. The predicted octanol–water partition coefficient (Wildman–Crippen LogP) is 3.00. The van der Waals surface area contributed by atoms with Crippen molar-refractivity contribution in [3.63, 3.8) is 0 Å². The molecule has 0 unspecified atom stereocenters. The summed E-state index contributed by atoms with van der Waals surface area (Å²) in [6.45, 7) is -0.742. The molecule has 0 radical (unpaired) electrons. The molecule has 11 heteroatoms. The molecule has 170 valence electrons. The van der Waals surface area contributed by atoms with Gasteiger partial charge in [0, 0.05) is 5.69 Å². The Labute approximate surface area is 180 Å². The molecule has 0 saturated heterocycles. The number of benzene rings is 2. The van der Waals surface area contributed by atoms with Gasteiger partial charge in [0.2, 0.25) is 0 Å². The first kappa shape index (κ1) is 24.4. The molecule has 2 aromatic rings. The van der Waals surface area contributed by atoms with Crippen LogP contribution < -0.4 is 5.32 Å². The van der Waals surface area contributed by atoms with E-state index in [2.05, 4.69) is 14.8 Å². The van der Waals surface area contributed by atoms with Gasteiger partial charge in [0.25, 0.3) is 5.91 Å². The lowest BCUT2D eigenvalue weighted by Crippen LogP contribution is -2.22. The first-order valence-electron chi connectivity index (χ1n) is 8.97. The van der Waals surface area contributed by atoms with Crippen LogP contribution in [0.15, 0.2) is 42.5 Å². The van der Waals surface area contributed by atoms with E-state index in [0.29, 0.717) is 0 Å². The van der Waals surface area contributed by atoms with Crippen molar-refractivity contribution < 1.29 is 46.6 Å². The summed E-state index contributed by atoms with van der Waals surface area (Å²) in [7, 11) is 2.27. The summed E-state index contributed by atoms with van der Waals surface area (Å²) in [5.41, 5.74) is -0.877. The zero-order valence-electron chi connectivity index (χ0n) is 16.9. The third kappa shape index (κ3) is 6.83. The topological polar surface area (TPSA) is 108 Å². The number of hydrogen-bond donors (Lipinski definition) is 1. The summed E-state index contributed by atoms with van der Waals surface area (Å²) < 4.78 is 52.2. The number of anilines is 1. The van der Waals surface area contributed by atoms with Crippen molar-refractivity contribution in [2.24, 2.45) is 0 Å². The molecule has 1 N–H and O–H groups in total. The lowest BCUT2D eigenvalue weighted by molar-refractivity contribution is -0.146. The van der Waals surface area contributed by atoms with Gasteiger partial charge in [0.05, 0.1) is 37.3 Å². The van der Waals surface area contributed by atoms with Crippen molar-refractivity contribution in [3.05, 3.63) is 64.7 Å². The quantitative estimate of drug-likeness (QED) is 0.507. The van der Waals surface area contributed by atoms with Crippen molar-refractivity contribution in [2.45, 2.75) is 12.6 Å². The van der Waals surface area contributed by atoms with Crippen LogP contribution in [0.4, 0.5) is 18.9 Å². The highest BCUT2D eigenvalue weighted by molar-refractivity contribution is 6.00. The van der Waals surface area contributed by atoms with Gasteiger partial charge in [-0.05, 0) is 29.8 Å². The molecule has 8 nitrogen and oxygen atoms in total. The Hall–Kier alpha value is -3.89. The van der Waals surface area contributed by atoms with Crippen molar-refractivity contribution in [1.29, 1.82) is 0 Å². The average Bonchev–Trinajstić information content (AvgIpc) is 2.76. The van der Waals surface area contributed by atoms with Crippen molar-refractivity contribution >= 4 is 29.5 Å². The summed E-state index contributed by atoms with van der Waals surface area (Å²) in [4.78, 5) is 47.5. The van der Waals surface area contributed by atoms with E-state index >= 15 is 0 Å². The van der Waals surface area contributed by atoms with Gasteiger partial charge in [0.15, 0.2) is 6.61 Å². The van der Waals surface area contributed by atoms with Gasteiger partial charge in [-0.25, -0.2) is 9.59 Å². The number of halogens is 3. The second kappa shape index (κ2) is 10.4. The van der Waals surface area contributed by atoms with Crippen LogP contribution in [0.2, 0.25) is 0 Å². The monoisotopic (exact) mass is 453 g/mol. The molecule has 0 aliphatic heterocycles. The molecule has 2 aromatic carbocycles. The largest absolute Gasteiger partial charge is 0.465 e. The van der Waals surface area contributed by atoms with Crippen LogP contribution in [0.3, 0.4) is 0 Å². The highest BCUT2D eigenvalue weighted by atomic mass is 19.4. The Bertz CT molecular complexity index is 1000. The Morgan fingerprint density at radius 3 is 2.03 bits per heavy atom. The lowest BCUT2D eigenvalue weighted by Gasteiger charge is -2.10. The number of ether oxygens (including phenoxy) is 3. The van der Waals surface area contributed by atoms with Gasteiger partial charge >= 0.3 is 24.1 Å². The lowest BCUT2D eigenvalue weighted by atomic mass is 10.1. The first-order valence-corrected chi connectivity index (χ1v) is 8.97. The van der Waals surface area contributed by atoms with Crippen LogP contribution in [-0.4, -0.2) is 44.6 Å². The van der Waals surface area contributed by atoms with Crippen molar-refractivity contribution in [1.82, 2.24) is 0 Å². The third-order valence-electron chi connectivity index (χ3n) is 4.03. The molecule has 0 aliphatic rings. The van der Waals surface area contributed by atoms with Crippen LogP contribution in [-0.2, 0) is 36.4 Å². The average molecular weight is 453 g/mol. The maximum absolute atomic E-state index is 12.7. The molecule has 0 atom stereocenters. The van der Waals surface area contributed by atoms with Gasteiger partial charge < -0.3 is 19.5 Å². The molecule has 0 saturated carbocycles. The Kier molecular flexibility index (Phi) is 7.94. The van der Waals surface area contributed by atoms with Crippen LogP contribution >= 0.6 is 0 Å². The molecule has 0 aliphatic carbocycles. The van der Waals surface area contributed by atoms with Crippen LogP contribution in [0.5, 0.6) is 0 Å². The molecule has 0 fully saturated rings. The maximum atomic E-state index is 12.7. The number of carbonyl (C=O) groups is 4. The fourth-order valence-corrected chi connectivity index (χ4v) is 2.59. The molecule has 2 rings (SSSR count). The van der Waals surface area contributed by atoms with E-state index in [1.807, 2.05) is 0 Å². The molecule has 0 aromatic heterocycles. The molecule has 0 spiro atoms. The Balaban J connectivity index is 2.01. The summed E-state index contributed by atoms with van der Waals surface area (Å²) in [6.07, 6.45) is -5.02. The minimum atomic E-state index is -4.55. The number of amides is 1. The van der Waals surface area contributed by atoms with E-state index in [1.165, 1.54) is 24.3 Å². The Morgan fingerprint density at radius 2 is 1.50 bits per heavy atom. The second-order valence-electron chi connectivity index (χ2n) is 6.37. The molecule has 32 heavy (non-hydrogen) atoms. The van der Waals surface area contributed by atoms with Crippen LogP contribution in [0.25, 0.3) is 0 Å². The molecule has 1 amide bonds. The molecule has 0 bridgehead atoms. The number of hydrogen-bond acceptors (Lipinski definition) is 7. The van der Waals surface area contributed by atoms with E-state index < -0.39 is 48.6 Å². The number of esters is 3. The fourth-order valence-electron chi connectivity index (χ4n) is 2.59. The van der Waals surface area contributed by atoms with Crippen LogP contribution in [0, 0.1) is 0 Å². The van der Waals surface area contributed by atoms with Crippen LogP contribution in [0.1, 0.15) is 31.8 Å². The zero-order chi connectivity index (χ0) is 23.9. The van der Waals surface area contributed by atoms with Gasteiger partial charge in [-0.15, -0.1) is 0 Å². The second-order valence-corrected chi connectivity index (χ2v) is 6.37. The van der Waals surface area contributed by atoms with E-state index in [4.69, 9.17) is 4.74 Å². The van der Waals surface area contributed by atoms with E-state index in [1.54, 1.807) is 0 Å². The maximum Gasteiger partial charge on any atom is 0.416 e. The number of nitrogens with one attached hydrogen (secondary N) is 1. The van der Waals surface area contributed by atoms with Gasteiger partial charge in [-0.3, -0.25) is 9.59 Å². The zero-order valence-corrected chi connectivity index (χ0v) is 16.9. The van der Waals surface area contributed by atoms with Gasteiger partial charge in [0.1, 0.15) is 0 Å². The highest BCUT2D eigenvalue weighted by Crippen LogP contribution is 2.29. The van der Waals surface area contributed by atoms with Gasteiger partial charge in [-0.1, -0.05) is 18.2 Å². The summed E-state index contributed by atoms with van der Waals surface area (Å²) >= 11 is 0. The first-order chi connectivity index (χ1) is 15.0. The number of methoxy groups -OCH3 is 2. The number of rotatable bonds is 7. The SMILES string of the molecule is COC(=O)c1cc(NC(=O)COC(=O)Cc2cccc(C(F)(F)F)c2)cc(C(=O)OC)c1. The van der Waals surface area contributed by atoms with Crippen molar-refractivity contribution in [3.8, 4) is 0 Å². The van der Waals surface area contributed by atoms with Gasteiger partial charge in [-0.2, -0.15) is 13.2 Å². The molecular weight excluding hydrogens is 435 g/mol. The highest BCUT2D eigenvalue weighted by Gasteiger charge is 2.30. The standard InChI is InChI=1S/C21H18F3NO7/c1-30-19(28)13-8-14(20(29)31-2)10-16(9-13)25-17(26)11-32-18(27)7-12-4-3-5-15(6-12)21(22,23)24/h3-6,8-10H,7,11H2,1-2H3,(H,25,26). The van der Waals surface area contributed by atoms with E-state index in [9.17, 15) is 32.3 Å². The minimum absolute atomic E-state index is 0.0345. The molecule has 0 heterocycles. The number of alkyl halides is 3. The minimum Gasteiger partial charge on any atom is -0.465 e. The van der Waals surface area contributed by atoms with Crippen molar-refractivity contribution in [2.75, 3.05) is 26.1 Å². The molecular formula is C21H18F3NO7. The third-order valence-corrected chi connectivity index (χ3v) is 4.03. The van der Waals surface area contributed by atoms with E-state index in [-0.39, 0.29) is 22.4 Å². The summed E-state index contributed by atoms with van der Waals surface area (Å²) in [6, 6.07) is 7.85. The number of carbonyl (C=O) groups excluding carboxylic acids is 4. The fraction of sp³-hybridized carbons (Fsp3) is 0.238. The summed E-state index contributed by atoms with van der Waals surface area (Å²) in [5.74, 6) is -3.25.